The number of carbonyl (C=O) groups is 3. The summed E-state index contributed by atoms with van der Waals surface area (Å²) in [5.41, 5.74) is 2.34. The van der Waals surface area contributed by atoms with E-state index in [0.717, 1.165) is 27.6 Å². The number of benzene rings is 3. The average molecular weight is 583 g/mol. The lowest BCUT2D eigenvalue weighted by Gasteiger charge is -2.14. The van der Waals surface area contributed by atoms with Crippen LogP contribution in [-0.4, -0.2) is 67.9 Å². The fraction of sp³-hybridized carbons (Fsp3) is 0.321. The number of ether oxygens (including phenoxy) is 3. The number of fused-ring (bicyclic) bond motifs is 4. The van der Waals surface area contributed by atoms with Crippen molar-refractivity contribution in [1.82, 2.24) is 9.56 Å². The summed E-state index contributed by atoms with van der Waals surface area (Å²) in [6, 6.07) is 14.9. The Morgan fingerprint density at radius 1 is 0.975 bits per heavy atom. The van der Waals surface area contributed by atoms with Gasteiger partial charge in [0.2, 0.25) is 5.36 Å². The van der Waals surface area contributed by atoms with Gasteiger partial charge in [-0.2, -0.15) is 0 Å². The highest BCUT2D eigenvalue weighted by Gasteiger charge is 2.22. The van der Waals surface area contributed by atoms with Crippen LogP contribution in [0.25, 0.3) is 33.3 Å². The molecule has 0 atom stereocenters. The summed E-state index contributed by atoms with van der Waals surface area (Å²) >= 11 is 0. The van der Waals surface area contributed by atoms with E-state index < -0.39 is 6.09 Å². The van der Waals surface area contributed by atoms with Crippen LogP contribution in [0, 0.1) is 0 Å². The molecule has 1 fully saturated rings. The third-order valence-corrected chi connectivity index (χ3v) is 8.97. The molecule has 5 rings (SSSR count). The molecule has 12 heteroatoms. The van der Waals surface area contributed by atoms with E-state index in [1.54, 1.807) is 27.7 Å². The number of hydrogen-bond acceptors (Lipinski definition) is 10. The Labute approximate surface area is 237 Å². The third-order valence-electron chi connectivity index (χ3n) is 6.47. The van der Waals surface area contributed by atoms with Gasteiger partial charge in [-0.15, -0.1) is 0 Å². The van der Waals surface area contributed by atoms with Crippen molar-refractivity contribution in [2.45, 2.75) is 18.9 Å². The summed E-state index contributed by atoms with van der Waals surface area (Å²) in [7, 11) is 6.06. The van der Waals surface area contributed by atoms with Crippen LogP contribution in [0.5, 0.6) is 0 Å². The predicted molar refractivity (Wildman–Crippen MR) is 155 cm³/mol. The summed E-state index contributed by atoms with van der Waals surface area (Å²) < 4.78 is 23.4. The van der Waals surface area contributed by atoms with Crippen molar-refractivity contribution in [1.29, 1.82) is 0 Å². The Morgan fingerprint density at radius 2 is 1.65 bits per heavy atom. The first-order valence-electron chi connectivity index (χ1n) is 12.6. The van der Waals surface area contributed by atoms with Crippen LogP contribution in [0.3, 0.4) is 0 Å². The molecular weight excluding hydrogens is 554 g/mol. The van der Waals surface area contributed by atoms with Gasteiger partial charge in [0, 0.05) is 34.4 Å². The van der Waals surface area contributed by atoms with Gasteiger partial charge in [0.25, 0.3) is 0 Å². The van der Waals surface area contributed by atoms with Crippen molar-refractivity contribution in [3.8, 4) is 11.5 Å². The Balaban J connectivity index is 1.56. The topological polar surface area (TPSA) is 120 Å². The Morgan fingerprint density at radius 3 is 2.33 bits per heavy atom. The summed E-state index contributed by atoms with van der Waals surface area (Å²) in [4.78, 5) is 41.2. The number of rotatable bonds is 8. The number of carbonyl (C=O) groups excluding carboxylic acids is 3. The molecule has 1 N–H and O–H groups in total. The molecule has 0 radical (unpaired) electrons. The molecule has 1 saturated heterocycles. The van der Waals surface area contributed by atoms with E-state index in [4.69, 9.17) is 23.6 Å². The second-order valence-corrected chi connectivity index (χ2v) is 11.6. The number of nitrogens with zero attached hydrogens (tertiary/aromatic N) is 2. The molecule has 0 saturated carbocycles. The molecule has 3 aliphatic rings. The van der Waals surface area contributed by atoms with Crippen molar-refractivity contribution in [3.63, 3.8) is 0 Å². The molecule has 2 aromatic carbocycles. The van der Waals surface area contributed by atoms with Crippen LogP contribution < -0.4 is 15.2 Å². The van der Waals surface area contributed by atoms with Crippen LogP contribution in [0.4, 0.5) is 10.5 Å². The highest BCUT2D eigenvalue weighted by molar-refractivity contribution is 8.77. The number of esters is 2. The predicted octanol–water partition coefficient (Wildman–Crippen LogP) is 4.30. The molecule has 2 aliphatic heterocycles. The molecule has 1 amide bonds. The summed E-state index contributed by atoms with van der Waals surface area (Å²) in [5, 5.41) is 5.28. The third kappa shape index (κ3) is 6.34. The number of hydrogen-bond donors (Lipinski definition) is 1. The largest absolute Gasteiger partial charge is 0.469 e. The molecule has 2 aromatic rings. The monoisotopic (exact) mass is 582 g/mol. The van der Waals surface area contributed by atoms with Gasteiger partial charge >= 0.3 is 18.0 Å². The molecular formula is C28H28N3O7S2+. The zero-order chi connectivity index (χ0) is 28.1. The van der Waals surface area contributed by atoms with Crippen LogP contribution in [0.1, 0.15) is 12.8 Å². The van der Waals surface area contributed by atoms with E-state index >= 15 is 0 Å². The lowest BCUT2D eigenvalue weighted by atomic mass is 10.1. The fourth-order valence-electron chi connectivity index (χ4n) is 4.43. The van der Waals surface area contributed by atoms with E-state index in [0.29, 0.717) is 41.3 Å². The van der Waals surface area contributed by atoms with Gasteiger partial charge < -0.3 is 18.6 Å². The van der Waals surface area contributed by atoms with Gasteiger partial charge in [0.05, 0.1) is 26.0 Å². The fourth-order valence-corrected chi connectivity index (χ4v) is 6.93. The van der Waals surface area contributed by atoms with Crippen LogP contribution >= 0.6 is 21.6 Å². The number of anilines is 1. The average Bonchev–Trinajstić information content (AvgIpc) is 3.48. The zero-order valence-corrected chi connectivity index (χ0v) is 23.6. The maximum atomic E-state index is 12.7. The number of nitrogens with one attached hydrogen (secondary N) is 1. The van der Waals surface area contributed by atoms with E-state index in [9.17, 15) is 14.4 Å². The van der Waals surface area contributed by atoms with Crippen molar-refractivity contribution in [2.24, 2.45) is 0 Å². The van der Waals surface area contributed by atoms with Crippen LogP contribution in [0.15, 0.2) is 52.9 Å². The Hall–Kier alpha value is -3.77. The lowest BCUT2D eigenvalue weighted by molar-refractivity contribution is -0.140. The first-order valence-corrected chi connectivity index (χ1v) is 15.1. The quantitative estimate of drug-likeness (QED) is 0.0804. The van der Waals surface area contributed by atoms with Gasteiger partial charge in [-0.1, -0.05) is 45.9 Å². The first-order chi connectivity index (χ1) is 19.4. The normalized spacial score (nSPS) is 13.4. The highest BCUT2D eigenvalue weighted by Crippen LogP contribution is 2.35. The summed E-state index contributed by atoms with van der Waals surface area (Å²) in [6.45, 7) is 0.685. The molecule has 0 unspecified atom stereocenters. The van der Waals surface area contributed by atoms with Crippen LogP contribution in [-0.2, 0) is 23.8 Å². The minimum Gasteiger partial charge on any atom is -0.469 e. The number of methoxy groups -OCH3 is 2. The van der Waals surface area contributed by atoms with Crippen molar-refractivity contribution >= 4 is 67.2 Å². The van der Waals surface area contributed by atoms with Gasteiger partial charge in [-0.05, 0) is 6.07 Å². The van der Waals surface area contributed by atoms with Gasteiger partial charge in [-0.3, -0.25) is 14.9 Å². The molecule has 0 bridgehead atoms. The SMILES string of the molecule is COC(=O)CC[N+](CCC(=O)OC)=c1ccc2nc3c(cc(NC(=O)OC4CSSC4)c4ccccc43)oc-2c1. The molecule has 2 heterocycles. The molecule has 0 aromatic heterocycles. The van der Waals surface area contributed by atoms with E-state index in [1.807, 2.05) is 47.0 Å². The first kappa shape index (κ1) is 27.8. The molecule has 10 nitrogen and oxygen atoms in total. The second kappa shape index (κ2) is 12.6. The van der Waals surface area contributed by atoms with Crippen molar-refractivity contribution in [2.75, 3.05) is 44.1 Å². The molecule has 1 aliphatic carbocycles. The minimum atomic E-state index is -0.513. The maximum absolute atomic E-state index is 12.7. The molecule has 0 spiro atoms. The lowest BCUT2D eigenvalue weighted by Crippen LogP contribution is -2.34. The van der Waals surface area contributed by atoms with E-state index in [1.165, 1.54) is 14.2 Å². The standard InChI is InChI=1S/C28H27N3O7S2/c1-35-25(32)9-11-31(12-10-26(33)36-2)17-7-8-21-23(13-17)38-24-14-22(30-28(34)37-18-15-39-40-16-18)19-5-3-4-6-20(19)27(24)29-21/h3-8,13-14,18H,9-12,15-16H2,1-2H3/p+1. The van der Waals surface area contributed by atoms with Gasteiger partial charge in [0.15, 0.2) is 24.4 Å². The maximum Gasteiger partial charge on any atom is 0.411 e. The Kier molecular flexibility index (Phi) is 8.75. The Bertz CT molecular complexity index is 1590. The van der Waals surface area contributed by atoms with Gasteiger partial charge in [-0.25, -0.2) is 14.4 Å². The van der Waals surface area contributed by atoms with Crippen LogP contribution in [0.2, 0.25) is 0 Å². The second-order valence-electron chi connectivity index (χ2n) is 9.04. The summed E-state index contributed by atoms with van der Waals surface area (Å²) in [5.74, 6) is 1.34. The molecule has 208 valence electrons. The zero-order valence-electron chi connectivity index (χ0n) is 22.0. The van der Waals surface area contributed by atoms with E-state index in [2.05, 4.69) is 5.32 Å². The summed E-state index contributed by atoms with van der Waals surface area (Å²) in [6.07, 6.45) is -0.340. The highest BCUT2D eigenvalue weighted by atomic mass is 33.1. The smallest absolute Gasteiger partial charge is 0.411 e. The minimum absolute atomic E-state index is 0.128. The molecule has 40 heavy (non-hydrogen) atoms. The van der Waals surface area contributed by atoms with Crippen molar-refractivity contribution < 1.29 is 33.0 Å². The van der Waals surface area contributed by atoms with Crippen molar-refractivity contribution in [3.05, 3.63) is 53.9 Å². The van der Waals surface area contributed by atoms with E-state index in [-0.39, 0.29) is 30.9 Å². The number of aromatic nitrogens is 1. The number of amides is 1. The van der Waals surface area contributed by atoms with Gasteiger partial charge in [0.1, 0.15) is 30.2 Å².